The fourth-order valence-corrected chi connectivity index (χ4v) is 7.17. The molecule has 2 nitrogen and oxygen atoms in total. The highest BCUT2D eigenvalue weighted by Gasteiger charge is 2.38. The minimum Gasteiger partial charge on any atom is -0.456 e. The van der Waals surface area contributed by atoms with Gasteiger partial charge in [-0.05, 0) is 88.8 Å². The molecule has 202 valence electrons. The first-order chi connectivity index (χ1) is 20.5. The van der Waals surface area contributed by atoms with E-state index in [0.29, 0.717) is 0 Å². The Morgan fingerprint density at radius 3 is 2.29 bits per heavy atom. The smallest absolute Gasteiger partial charge is 0.135 e. The maximum Gasteiger partial charge on any atom is 0.135 e. The van der Waals surface area contributed by atoms with Crippen LogP contribution in [-0.2, 0) is 5.41 Å². The number of aryl methyl sites for hydroxylation is 1. The van der Waals surface area contributed by atoms with Crippen LogP contribution in [0, 0.1) is 6.92 Å². The van der Waals surface area contributed by atoms with Crippen LogP contribution in [0.5, 0.6) is 0 Å². The molecule has 0 bridgehead atoms. The maximum atomic E-state index is 6.28. The van der Waals surface area contributed by atoms with Gasteiger partial charge in [0.05, 0.1) is 11.0 Å². The standard InChI is InChI=1S/C40H31NO/c1-5-6-16-36-25(2)38-37(42-36)22-20-31-29-19-17-27(24-33(29)40(3,4)39(31)38)26-18-21-35-32(23-26)30-14-10-11-15-34(30)41(35)28-12-8-7-9-13-28/h5-24H,1H2,2-4H3/b16-6-. The van der Waals surface area contributed by atoms with Crippen molar-refractivity contribution in [3.8, 4) is 27.9 Å². The van der Waals surface area contributed by atoms with E-state index >= 15 is 0 Å². The minimum atomic E-state index is -0.165. The van der Waals surface area contributed by atoms with E-state index in [1.54, 1.807) is 6.08 Å². The van der Waals surface area contributed by atoms with E-state index in [0.717, 1.165) is 11.3 Å². The van der Waals surface area contributed by atoms with Gasteiger partial charge < -0.3 is 8.98 Å². The van der Waals surface area contributed by atoms with Gasteiger partial charge in [-0.2, -0.15) is 0 Å². The molecule has 0 N–H and O–H groups in total. The van der Waals surface area contributed by atoms with Gasteiger partial charge in [-0.3, -0.25) is 0 Å². The molecular formula is C40H31NO. The van der Waals surface area contributed by atoms with Gasteiger partial charge in [0.25, 0.3) is 0 Å². The predicted octanol–water partition coefficient (Wildman–Crippen LogP) is 11.0. The number of para-hydroxylation sites is 2. The highest BCUT2D eigenvalue weighted by molar-refractivity contribution is 6.10. The summed E-state index contributed by atoms with van der Waals surface area (Å²) in [5.74, 6) is 0.897. The molecule has 1 aliphatic rings. The summed E-state index contributed by atoms with van der Waals surface area (Å²) in [5.41, 5.74) is 13.4. The van der Waals surface area contributed by atoms with Gasteiger partial charge in [-0.15, -0.1) is 0 Å². The van der Waals surface area contributed by atoms with Gasteiger partial charge in [-0.25, -0.2) is 0 Å². The van der Waals surface area contributed by atoms with Crippen molar-refractivity contribution in [3.63, 3.8) is 0 Å². The van der Waals surface area contributed by atoms with E-state index in [-0.39, 0.29) is 5.41 Å². The molecule has 2 heteroatoms. The Balaban J connectivity index is 1.29. The van der Waals surface area contributed by atoms with Crippen LogP contribution in [0.3, 0.4) is 0 Å². The van der Waals surface area contributed by atoms with Crippen LogP contribution in [0.1, 0.15) is 36.3 Å². The van der Waals surface area contributed by atoms with Crippen LogP contribution in [0.15, 0.2) is 126 Å². The summed E-state index contributed by atoms with van der Waals surface area (Å²) in [6.45, 7) is 10.7. The number of rotatable bonds is 4. The highest BCUT2D eigenvalue weighted by Crippen LogP contribution is 2.53. The second-order valence-corrected chi connectivity index (χ2v) is 11.9. The van der Waals surface area contributed by atoms with Crippen molar-refractivity contribution in [2.45, 2.75) is 26.2 Å². The number of nitrogens with zero attached hydrogens (tertiary/aromatic N) is 1. The Morgan fingerprint density at radius 1 is 0.738 bits per heavy atom. The molecule has 7 aromatic rings. The number of aromatic nitrogens is 1. The number of fused-ring (bicyclic) bond motifs is 8. The molecule has 0 radical (unpaired) electrons. The second-order valence-electron chi connectivity index (χ2n) is 11.9. The quantitative estimate of drug-likeness (QED) is 0.203. The van der Waals surface area contributed by atoms with Crippen LogP contribution < -0.4 is 0 Å². The lowest BCUT2D eigenvalue weighted by Gasteiger charge is -2.23. The van der Waals surface area contributed by atoms with E-state index in [4.69, 9.17) is 4.42 Å². The van der Waals surface area contributed by atoms with Crippen LogP contribution >= 0.6 is 0 Å². The topological polar surface area (TPSA) is 18.1 Å². The molecule has 5 aromatic carbocycles. The average Bonchev–Trinajstić information content (AvgIpc) is 3.60. The van der Waals surface area contributed by atoms with E-state index in [1.807, 2.05) is 12.2 Å². The molecule has 2 aromatic heterocycles. The Kier molecular flexibility index (Phi) is 5.27. The van der Waals surface area contributed by atoms with E-state index in [2.05, 4.69) is 135 Å². The number of hydrogen-bond acceptors (Lipinski definition) is 1. The summed E-state index contributed by atoms with van der Waals surface area (Å²) in [7, 11) is 0. The van der Waals surface area contributed by atoms with Crippen molar-refractivity contribution in [2.75, 3.05) is 0 Å². The number of allylic oxidation sites excluding steroid dienone is 2. The van der Waals surface area contributed by atoms with Crippen molar-refractivity contribution in [2.24, 2.45) is 0 Å². The van der Waals surface area contributed by atoms with Crippen LogP contribution in [0.2, 0.25) is 0 Å². The van der Waals surface area contributed by atoms with Crippen molar-refractivity contribution < 1.29 is 4.42 Å². The van der Waals surface area contributed by atoms with Gasteiger partial charge in [0.15, 0.2) is 0 Å². The summed E-state index contributed by atoms with van der Waals surface area (Å²) in [6, 6.07) is 37.6. The fraction of sp³-hybridized carbons (Fsp3) is 0.100. The Hall–Kier alpha value is -5.08. The molecule has 0 atom stereocenters. The van der Waals surface area contributed by atoms with Crippen molar-refractivity contribution in [1.29, 1.82) is 0 Å². The average molecular weight is 542 g/mol. The molecule has 2 heterocycles. The first kappa shape index (κ1) is 24.7. The third kappa shape index (κ3) is 3.39. The third-order valence-corrected chi connectivity index (χ3v) is 9.14. The van der Waals surface area contributed by atoms with Gasteiger partial charge >= 0.3 is 0 Å². The molecule has 42 heavy (non-hydrogen) atoms. The molecule has 0 saturated heterocycles. The molecule has 0 spiro atoms. The fourth-order valence-electron chi connectivity index (χ4n) is 7.17. The lowest BCUT2D eigenvalue weighted by atomic mass is 9.79. The minimum absolute atomic E-state index is 0.165. The molecule has 0 unspecified atom stereocenters. The zero-order chi connectivity index (χ0) is 28.6. The van der Waals surface area contributed by atoms with Crippen LogP contribution in [0.25, 0.3) is 66.8 Å². The summed E-state index contributed by atoms with van der Waals surface area (Å²) in [5, 5.41) is 3.77. The van der Waals surface area contributed by atoms with Crippen molar-refractivity contribution >= 4 is 38.9 Å². The molecular weight excluding hydrogens is 510 g/mol. The largest absolute Gasteiger partial charge is 0.456 e. The molecule has 0 saturated carbocycles. The van der Waals surface area contributed by atoms with E-state index in [9.17, 15) is 0 Å². The lowest BCUT2D eigenvalue weighted by Crippen LogP contribution is -2.15. The Labute approximate surface area is 245 Å². The maximum absolute atomic E-state index is 6.28. The lowest BCUT2D eigenvalue weighted by molar-refractivity contribution is 0.600. The van der Waals surface area contributed by atoms with Crippen molar-refractivity contribution in [1.82, 2.24) is 4.57 Å². The summed E-state index contributed by atoms with van der Waals surface area (Å²) in [6.07, 6.45) is 5.73. The molecule has 0 amide bonds. The van der Waals surface area contributed by atoms with Crippen molar-refractivity contribution in [3.05, 3.63) is 144 Å². The zero-order valence-corrected chi connectivity index (χ0v) is 24.1. The van der Waals surface area contributed by atoms with Crippen LogP contribution in [-0.4, -0.2) is 4.57 Å². The first-order valence-corrected chi connectivity index (χ1v) is 14.6. The third-order valence-electron chi connectivity index (χ3n) is 9.14. The second kappa shape index (κ2) is 8.96. The Bertz CT molecular complexity index is 2240. The number of benzene rings is 5. The van der Waals surface area contributed by atoms with Gasteiger partial charge in [0.2, 0.25) is 0 Å². The first-order valence-electron chi connectivity index (χ1n) is 14.6. The summed E-state index contributed by atoms with van der Waals surface area (Å²) >= 11 is 0. The SMILES string of the molecule is C=C/C=C\c1oc2ccc3c(c2c1C)C(C)(C)c1cc(-c2ccc4c(c2)c2ccccc2n4-c2ccccc2)ccc1-3. The summed E-state index contributed by atoms with van der Waals surface area (Å²) < 4.78 is 8.65. The molecule has 0 fully saturated rings. The Morgan fingerprint density at radius 2 is 1.45 bits per heavy atom. The van der Waals surface area contributed by atoms with Gasteiger partial charge in [0.1, 0.15) is 11.3 Å². The van der Waals surface area contributed by atoms with E-state index in [1.165, 1.54) is 71.8 Å². The molecule has 1 aliphatic carbocycles. The summed E-state index contributed by atoms with van der Waals surface area (Å²) in [4.78, 5) is 0. The van der Waals surface area contributed by atoms with E-state index < -0.39 is 0 Å². The number of furan rings is 1. The highest BCUT2D eigenvalue weighted by atomic mass is 16.3. The van der Waals surface area contributed by atoms with Gasteiger partial charge in [0, 0.05) is 32.8 Å². The van der Waals surface area contributed by atoms with Gasteiger partial charge in [-0.1, -0.05) is 93.2 Å². The zero-order valence-electron chi connectivity index (χ0n) is 24.1. The normalized spacial score (nSPS) is 13.8. The number of hydrogen-bond donors (Lipinski definition) is 0. The molecule has 8 rings (SSSR count). The monoisotopic (exact) mass is 541 g/mol. The van der Waals surface area contributed by atoms with Crippen LogP contribution in [0.4, 0.5) is 0 Å². The molecule has 0 aliphatic heterocycles. The predicted molar refractivity (Wildman–Crippen MR) is 178 cm³/mol.